The Hall–Kier alpha value is -3.65. The minimum Gasteiger partial charge on any atom is -0.478 e. The Balaban J connectivity index is 0.963. The van der Waals surface area contributed by atoms with Crippen LogP contribution in [0.2, 0.25) is 0 Å². The summed E-state index contributed by atoms with van der Waals surface area (Å²) in [5, 5.41) is 2.61. The maximum absolute atomic E-state index is 12.8. The highest BCUT2D eigenvalue weighted by Crippen LogP contribution is 2.31. The molecular formula is C32H38N4O4. The lowest BCUT2D eigenvalue weighted by molar-refractivity contribution is -0.118. The van der Waals surface area contributed by atoms with Gasteiger partial charge in [-0.05, 0) is 74.6 Å². The number of fused-ring (bicyclic) bond motifs is 2. The van der Waals surface area contributed by atoms with Crippen molar-refractivity contribution in [2.45, 2.75) is 57.5 Å². The maximum Gasteiger partial charge on any atom is 0.422 e. The van der Waals surface area contributed by atoms with Crippen LogP contribution in [0, 0.1) is 0 Å². The van der Waals surface area contributed by atoms with Gasteiger partial charge in [0.15, 0.2) is 5.82 Å². The van der Waals surface area contributed by atoms with Crippen LogP contribution in [-0.2, 0) is 16.0 Å². The smallest absolute Gasteiger partial charge is 0.422 e. The molecular weight excluding hydrogens is 504 g/mol. The molecule has 0 radical (unpaired) electrons. The third-order valence-electron chi connectivity index (χ3n) is 8.35. The van der Waals surface area contributed by atoms with Gasteiger partial charge in [0.25, 0.3) is 0 Å². The molecule has 3 aliphatic rings. The van der Waals surface area contributed by atoms with Crippen LogP contribution in [0.3, 0.4) is 0 Å². The number of amides is 2. The first-order valence-electron chi connectivity index (χ1n) is 14.8. The molecule has 0 unspecified atom stereocenters. The van der Waals surface area contributed by atoms with Crippen molar-refractivity contribution in [1.82, 2.24) is 9.88 Å². The predicted octanol–water partition coefficient (Wildman–Crippen LogP) is 5.57. The summed E-state index contributed by atoms with van der Waals surface area (Å²) in [6.07, 6.45) is 5.92. The van der Waals surface area contributed by atoms with Gasteiger partial charge >= 0.3 is 6.09 Å². The molecule has 2 aliphatic heterocycles. The number of hydrogen-bond acceptors (Lipinski definition) is 7. The molecule has 1 saturated carbocycles. The molecule has 2 aromatic carbocycles. The van der Waals surface area contributed by atoms with E-state index in [0.717, 1.165) is 81.7 Å². The van der Waals surface area contributed by atoms with Crippen molar-refractivity contribution in [2.24, 2.45) is 0 Å². The minimum absolute atomic E-state index is 0.105. The van der Waals surface area contributed by atoms with Gasteiger partial charge in [-0.3, -0.25) is 9.69 Å². The molecule has 0 atom stereocenters. The summed E-state index contributed by atoms with van der Waals surface area (Å²) in [7, 11) is 0. The van der Waals surface area contributed by atoms with Gasteiger partial charge in [-0.25, -0.2) is 4.79 Å². The molecule has 3 heterocycles. The van der Waals surface area contributed by atoms with Crippen molar-refractivity contribution in [2.75, 3.05) is 49.1 Å². The van der Waals surface area contributed by atoms with E-state index in [0.29, 0.717) is 24.7 Å². The molecule has 1 saturated heterocycles. The summed E-state index contributed by atoms with van der Waals surface area (Å²) < 4.78 is 11.6. The lowest BCUT2D eigenvalue weighted by atomic mass is 10.1. The fourth-order valence-electron chi connectivity index (χ4n) is 6.10. The van der Waals surface area contributed by atoms with E-state index in [4.69, 9.17) is 9.47 Å². The topological polar surface area (TPSA) is 75.2 Å². The number of imide groups is 1. The minimum atomic E-state index is -0.608. The van der Waals surface area contributed by atoms with Gasteiger partial charge in [-0.15, -0.1) is 0 Å². The van der Waals surface area contributed by atoms with Crippen LogP contribution in [-0.4, -0.2) is 67.3 Å². The molecule has 6 rings (SSSR count). The second kappa shape index (κ2) is 12.3. The van der Waals surface area contributed by atoms with E-state index in [2.05, 4.69) is 57.2 Å². The number of hydrogen-bond donors (Lipinski definition) is 0. The average Bonchev–Trinajstić information content (AvgIpc) is 3.50. The van der Waals surface area contributed by atoms with Gasteiger partial charge in [0, 0.05) is 49.7 Å². The Kier molecular flexibility index (Phi) is 8.14. The standard InChI is InChI=1S/C32H38N4O4/c37-30-17-15-25-14-16-29(33-31(25)36(30)32(38)40-26-10-2-3-11-26)39-23-6-5-18-34-19-21-35(22-20-34)28-13-7-9-24-8-1-4-12-27(24)28/h1,4,7-9,12-14,16,26H,2-3,5-6,10-11,15,17-23H2. The number of benzene rings is 2. The second-order valence-corrected chi connectivity index (χ2v) is 11.0. The van der Waals surface area contributed by atoms with Gasteiger partial charge < -0.3 is 14.4 Å². The van der Waals surface area contributed by atoms with E-state index in [1.807, 2.05) is 12.1 Å². The quantitative estimate of drug-likeness (QED) is 0.344. The molecule has 8 nitrogen and oxygen atoms in total. The summed E-state index contributed by atoms with van der Waals surface area (Å²) in [6, 6.07) is 18.9. The number of carbonyl (C=O) groups is 2. The van der Waals surface area contributed by atoms with Crippen molar-refractivity contribution in [1.29, 1.82) is 0 Å². The summed E-state index contributed by atoms with van der Waals surface area (Å²) >= 11 is 0. The summed E-state index contributed by atoms with van der Waals surface area (Å²) in [4.78, 5) is 36.2. The molecule has 1 aliphatic carbocycles. The zero-order valence-electron chi connectivity index (χ0n) is 23.1. The van der Waals surface area contributed by atoms with E-state index >= 15 is 0 Å². The first-order chi connectivity index (χ1) is 19.7. The fraction of sp³-hybridized carbons (Fsp3) is 0.469. The highest BCUT2D eigenvalue weighted by Gasteiger charge is 2.34. The van der Waals surface area contributed by atoms with E-state index in [1.165, 1.54) is 16.5 Å². The summed E-state index contributed by atoms with van der Waals surface area (Å²) in [5.74, 6) is 0.539. The number of ether oxygens (including phenoxy) is 2. The van der Waals surface area contributed by atoms with E-state index in [9.17, 15) is 9.59 Å². The van der Waals surface area contributed by atoms with Crippen molar-refractivity contribution >= 4 is 34.3 Å². The second-order valence-electron chi connectivity index (χ2n) is 11.0. The van der Waals surface area contributed by atoms with Gasteiger partial charge in [-0.2, -0.15) is 9.88 Å². The number of aromatic nitrogens is 1. The van der Waals surface area contributed by atoms with E-state index < -0.39 is 6.09 Å². The van der Waals surface area contributed by atoms with Crippen LogP contribution in [0.25, 0.3) is 10.8 Å². The van der Waals surface area contributed by atoms with Crippen LogP contribution in [0.15, 0.2) is 54.6 Å². The first kappa shape index (κ1) is 26.6. The summed E-state index contributed by atoms with van der Waals surface area (Å²) in [5.41, 5.74) is 2.20. The van der Waals surface area contributed by atoms with E-state index in [-0.39, 0.29) is 18.4 Å². The molecule has 0 bridgehead atoms. The highest BCUT2D eigenvalue weighted by molar-refractivity contribution is 6.13. The Morgan fingerprint density at radius 3 is 2.55 bits per heavy atom. The predicted molar refractivity (Wildman–Crippen MR) is 156 cm³/mol. The van der Waals surface area contributed by atoms with Crippen LogP contribution >= 0.6 is 0 Å². The van der Waals surface area contributed by atoms with Crippen LogP contribution in [0.1, 0.15) is 50.5 Å². The maximum atomic E-state index is 12.8. The van der Waals surface area contributed by atoms with Gasteiger partial charge in [0.1, 0.15) is 6.10 Å². The molecule has 0 spiro atoms. The Labute approximate surface area is 235 Å². The zero-order chi connectivity index (χ0) is 27.3. The molecule has 210 valence electrons. The van der Waals surface area contributed by atoms with Crippen molar-refractivity contribution in [3.8, 4) is 5.88 Å². The molecule has 0 N–H and O–H groups in total. The van der Waals surface area contributed by atoms with Crippen molar-refractivity contribution in [3.63, 3.8) is 0 Å². The van der Waals surface area contributed by atoms with E-state index in [1.54, 1.807) is 0 Å². The Bertz CT molecular complexity index is 1340. The van der Waals surface area contributed by atoms with Gasteiger partial charge in [0.05, 0.1) is 6.61 Å². The monoisotopic (exact) mass is 542 g/mol. The summed E-state index contributed by atoms with van der Waals surface area (Å²) in [6.45, 7) is 5.75. The third-order valence-corrected chi connectivity index (χ3v) is 8.35. The molecule has 2 amide bonds. The number of piperazine rings is 1. The number of unbranched alkanes of at least 4 members (excludes halogenated alkanes) is 1. The highest BCUT2D eigenvalue weighted by atomic mass is 16.6. The average molecular weight is 543 g/mol. The lowest BCUT2D eigenvalue weighted by Crippen LogP contribution is -2.46. The normalized spacial score (nSPS) is 18.2. The fourth-order valence-corrected chi connectivity index (χ4v) is 6.10. The van der Waals surface area contributed by atoms with Crippen molar-refractivity contribution in [3.05, 3.63) is 60.2 Å². The largest absolute Gasteiger partial charge is 0.478 e. The number of nitrogens with zero attached hydrogens (tertiary/aromatic N) is 4. The zero-order valence-corrected chi connectivity index (χ0v) is 23.1. The number of carbonyl (C=O) groups excluding carboxylic acids is 2. The number of rotatable bonds is 8. The van der Waals surface area contributed by atoms with Gasteiger partial charge in [0.2, 0.25) is 11.8 Å². The Morgan fingerprint density at radius 1 is 0.900 bits per heavy atom. The number of anilines is 2. The number of aryl methyl sites for hydroxylation is 1. The Morgan fingerprint density at radius 2 is 1.70 bits per heavy atom. The lowest BCUT2D eigenvalue weighted by Gasteiger charge is -2.36. The first-order valence-corrected chi connectivity index (χ1v) is 14.8. The molecule has 40 heavy (non-hydrogen) atoms. The third kappa shape index (κ3) is 5.92. The molecule has 3 aromatic rings. The molecule has 2 fully saturated rings. The van der Waals surface area contributed by atoms with Crippen LogP contribution < -0.4 is 14.5 Å². The molecule has 1 aromatic heterocycles. The number of pyridine rings is 1. The SMILES string of the molecule is O=C1CCc2ccc(OCCCCN3CCN(c4cccc5ccccc45)CC3)nc2N1C(=O)OC1CCCC1. The van der Waals surface area contributed by atoms with Gasteiger partial charge in [-0.1, -0.05) is 36.4 Å². The van der Waals surface area contributed by atoms with Crippen LogP contribution in [0.4, 0.5) is 16.3 Å². The molecule has 8 heteroatoms. The van der Waals surface area contributed by atoms with Crippen LogP contribution in [0.5, 0.6) is 5.88 Å². The van der Waals surface area contributed by atoms with Crippen molar-refractivity contribution < 1.29 is 19.1 Å².